The first-order chi connectivity index (χ1) is 25.3. The molecule has 1 aromatic heterocycles. The molecule has 0 atom stereocenters. The third-order valence-electron chi connectivity index (χ3n) is 10.2. The summed E-state index contributed by atoms with van der Waals surface area (Å²) in [6.45, 7) is 0. The van der Waals surface area contributed by atoms with E-state index in [9.17, 15) is 0 Å². The number of benzene rings is 9. The number of hydrogen-bond acceptors (Lipinski definition) is 1. The predicted octanol–water partition coefficient (Wildman–Crippen LogP) is 13.2. The molecule has 0 unspecified atom stereocenters. The second-order valence-electron chi connectivity index (χ2n) is 13.2. The van der Waals surface area contributed by atoms with Crippen LogP contribution < -0.4 is 0 Å². The molecule has 0 saturated carbocycles. The lowest BCUT2D eigenvalue weighted by molar-refractivity contribution is 1.11. The van der Waals surface area contributed by atoms with E-state index in [0.717, 1.165) is 28.1 Å². The fourth-order valence-corrected chi connectivity index (χ4v) is 7.79. The zero-order valence-corrected chi connectivity index (χ0v) is 27.9. The van der Waals surface area contributed by atoms with Crippen LogP contribution in [0.1, 0.15) is 0 Å². The molecule has 0 fully saturated rings. The first kappa shape index (κ1) is 29.2. The highest BCUT2D eigenvalue weighted by Crippen LogP contribution is 2.44. The summed E-state index contributed by atoms with van der Waals surface area (Å²) in [5.74, 6) is 0.932. The van der Waals surface area contributed by atoms with Gasteiger partial charge >= 0.3 is 0 Å². The first-order valence-corrected chi connectivity index (χ1v) is 17.5. The summed E-state index contributed by atoms with van der Waals surface area (Å²) < 4.78 is 2.29. The van der Waals surface area contributed by atoms with Crippen molar-refractivity contribution in [1.82, 2.24) is 9.55 Å². The highest BCUT2D eigenvalue weighted by atomic mass is 15.1. The molecular weight excluding hydrogens is 617 g/mol. The summed E-state index contributed by atoms with van der Waals surface area (Å²) in [4.78, 5) is 5.18. The molecular formula is C49H32N2. The maximum absolute atomic E-state index is 5.18. The van der Waals surface area contributed by atoms with Crippen LogP contribution in [0.3, 0.4) is 0 Å². The first-order valence-electron chi connectivity index (χ1n) is 17.5. The Kier molecular flexibility index (Phi) is 6.85. The summed E-state index contributed by atoms with van der Waals surface area (Å²) in [7, 11) is 0. The Morgan fingerprint density at radius 2 is 0.804 bits per heavy atom. The SMILES string of the molecule is c1ccc(-c2ccc(-c3c4ccccc4c(-c4ccc(-c5nc6ccccc6n5-c5ccc6ccccc6c5)cc4)c4ccccc34)cc2)cc1. The van der Waals surface area contributed by atoms with E-state index in [0.29, 0.717) is 0 Å². The van der Waals surface area contributed by atoms with Gasteiger partial charge in [0, 0.05) is 11.3 Å². The standard InChI is InChI=1S/C49H32N2/c1-2-12-33(13-3-1)35-22-24-36(25-23-35)47-41-16-6-8-18-43(41)48(44-19-9-7-17-42(44)47)37-26-28-38(29-27-37)49-50-45-20-10-11-21-46(45)51(49)40-31-30-34-14-4-5-15-39(34)32-40/h1-32H. The van der Waals surface area contributed by atoms with Gasteiger partial charge in [-0.1, -0.05) is 170 Å². The molecule has 238 valence electrons. The third kappa shape index (κ3) is 4.92. The van der Waals surface area contributed by atoms with Gasteiger partial charge in [-0.2, -0.15) is 0 Å². The third-order valence-corrected chi connectivity index (χ3v) is 10.2. The fourth-order valence-electron chi connectivity index (χ4n) is 7.79. The van der Waals surface area contributed by atoms with Crippen molar-refractivity contribution in [3.63, 3.8) is 0 Å². The van der Waals surface area contributed by atoms with Crippen molar-refractivity contribution in [3.8, 4) is 50.5 Å². The minimum Gasteiger partial charge on any atom is -0.292 e. The quantitative estimate of drug-likeness (QED) is 0.170. The second-order valence-corrected chi connectivity index (χ2v) is 13.2. The molecule has 51 heavy (non-hydrogen) atoms. The van der Waals surface area contributed by atoms with E-state index in [4.69, 9.17) is 4.98 Å². The second kappa shape index (κ2) is 12.0. The lowest BCUT2D eigenvalue weighted by Gasteiger charge is -2.18. The van der Waals surface area contributed by atoms with Crippen LogP contribution in [0.2, 0.25) is 0 Å². The number of nitrogens with zero attached hydrogens (tertiary/aromatic N) is 2. The average molecular weight is 649 g/mol. The lowest BCUT2D eigenvalue weighted by atomic mass is 9.85. The molecule has 0 amide bonds. The minimum atomic E-state index is 0.932. The van der Waals surface area contributed by atoms with Crippen LogP contribution in [0.4, 0.5) is 0 Å². The van der Waals surface area contributed by atoms with Gasteiger partial charge in [0.1, 0.15) is 5.82 Å². The number of para-hydroxylation sites is 2. The van der Waals surface area contributed by atoms with E-state index in [2.05, 4.69) is 199 Å². The zero-order chi connectivity index (χ0) is 33.7. The lowest BCUT2D eigenvalue weighted by Crippen LogP contribution is -1.98. The van der Waals surface area contributed by atoms with Crippen LogP contribution in [0.5, 0.6) is 0 Å². The number of aromatic nitrogens is 2. The molecule has 0 N–H and O–H groups in total. The predicted molar refractivity (Wildman–Crippen MR) is 215 cm³/mol. The van der Waals surface area contributed by atoms with Gasteiger partial charge in [0.15, 0.2) is 0 Å². The number of fused-ring (bicyclic) bond motifs is 4. The molecule has 0 aliphatic rings. The molecule has 1 heterocycles. The van der Waals surface area contributed by atoms with E-state index >= 15 is 0 Å². The van der Waals surface area contributed by atoms with E-state index < -0.39 is 0 Å². The molecule has 2 nitrogen and oxygen atoms in total. The molecule has 9 aromatic carbocycles. The Morgan fingerprint density at radius 3 is 1.43 bits per heavy atom. The Labute approximate surface area is 296 Å². The zero-order valence-electron chi connectivity index (χ0n) is 27.9. The molecule has 0 spiro atoms. The van der Waals surface area contributed by atoms with E-state index in [1.807, 2.05) is 0 Å². The molecule has 0 saturated heterocycles. The van der Waals surface area contributed by atoms with E-state index in [-0.39, 0.29) is 0 Å². The number of hydrogen-bond donors (Lipinski definition) is 0. The van der Waals surface area contributed by atoms with Gasteiger partial charge in [-0.3, -0.25) is 4.57 Å². The minimum absolute atomic E-state index is 0.932. The van der Waals surface area contributed by atoms with Crippen molar-refractivity contribution in [2.75, 3.05) is 0 Å². The van der Waals surface area contributed by atoms with Gasteiger partial charge in [-0.15, -0.1) is 0 Å². The molecule has 0 radical (unpaired) electrons. The van der Waals surface area contributed by atoms with Gasteiger partial charge < -0.3 is 0 Å². The molecule has 10 rings (SSSR count). The van der Waals surface area contributed by atoms with E-state index in [1.54, 1.807) is 0 Å². The largest absolute Gasteiger partial charge is 0.292 e. The summed E-state index contributed by atoms with van der Waals surface area (Å²) in [5.41, 5.74) is 11.6. The Morgan fingerprint density at radius 1 is 0.333 bits per heavy atom. The highest BCUT2D eigenvalue weighted by molar-refractivity contribution is 6.21. The van der Waals surface area contributed by atoms with Gasteiger partial charge in [0.25, 0.3) is 0 Å². The summed E-state index contributed by atoms with van der Waals surface area (Å²) in [6, 6.07) is 69.9. The average Bonchev–Trinajstić information content (AvgIpc) is 3.60. The van der Waals surface area contributed by atoms with Crippen molar-refractivity contribution < 1.29 is 0 Å². The van der Waals surface area contributed by atoms with Gasteiger partial charge in [0.05, 0.1) is 11.0 Å². The highest BCUT2D eigenvalue weighted by Gasteiger charge is 2.18. The van der Waals surface area contributed by atoms with Crippen LogP contribution in [-0.2, 0) is 0 Å². The number of imidazole rings is 1. The maximum Gasteiger partial charge on any atom is 0.145 e. The van der Waals surface area contributed by atoms with Gasteiger partial charge in [-0.25, -0.2) is 4.98 Å². The fraction of sp³-hybridized carbons (Fsp3) is 0. The molecule has 0 aliphatic carbocycles. The van der Waals surface area contributed by atoms with Crippen molar-refractivity contribution >= 4 is 43.4 Å². The van der Waals surface area contributed by atoms with Crippen molar-refractivity contribution in [3.05, 3.63) is 194 Å². The van der Waals surface area contributed by atoms with Crippen LogP contribution in [-0.4, -0.2) is 9.55 Å². The van der Waals surface area contributed by atoms with Crippen molar-refractivity contribution in [1.29, 1.82) is 0 Å². The van der Waals surface area contributed by atoms with Crippen molar-refractivity contribution in [2.24, 2.45) is 0 Å². The van der Waals surface area contributed by atoms with Crippen LogP contribution in [0.15, 0.2) is 194 Å². The Bertz CT molecular complexity index is 2820. The van der Waals surface area contributed by atoms with Crippen LogP contribution in [0, 0.1) is 0 Å². The maximum atomic E-state index is 5.18. The Balaban J connectivity index is 1.12. The Hall–Kier alpha value is -6.77. The summed E-state index contributed by atoms with van der Waals surface area (Å²) >= 11 is 0. The van der Waals surface area contributed by atoms with Gasteiger partial charge in [-0.05, 0) is 90.0 Å². The summed E-state index contributed by atoms with van der Waals surface area (Å²) in [6.07, 6.45) is 0. The normalized spacial score (nSPS) is 11.5. The number of rotatable bonds is 5. The molecule has 0 aliphatic heterocycles. The smallest absolute Gasteiger partial charge is 0.145 e. The van der Waals surface area contributed by atoms with Crippen molar-refractivity contribution in [2.45, 2.75) is 0 Å². The molecule has 0 bridgehead atoms. The van der Waals surface area contributed by atoms with Crippen LogP contribution in [0.25, 0.3) is 93.8 Å². The van der Waals surface area contributed by atoms with Gasteiger partial charge in [0.2, 0.25) is 0 Å². The molecule has 10 aromatic rings. The molecule has 2 heteroatoms. The van der Waals surface area contributed by atoms with Crippen LogP contribution >= 0.6 is 0 Å². The summed E-state index contributed by atoms with van der Waals surface area (Å²) in [5, 5.41) is 7.43. The monoisotopic (exact) mass is 648 g/mol. The van der Waals surface area contributed by atoms with E-state index in [1.165, 1.54) is 65.7 Å². The topological polar surface area (TPSA) is 17.8 Å².